The molecule has 0 unspecified atom stereocenters. The minimum atomic E-state index is -3.74. The predicted octanol–water partition coefficient (Wildman–Crippen LogP) is 1.48. The number of carboxylic acids is 1. The Hall–Kier alpha value is -3.27. The smallest absolute Gasteiger partial charge is 0.303 e. The number of aromatic nitrogens is 4. The summed E-state index contributed by atoms with van der Waals surface area (Å²) >= 11 is 0. The van der Waals surface area contributed by atoms with Crippen LogP contribution in [0.3, 0.4) is 0 Å². The number of aryl methyl sites for hydroxylation is 1. The molecule has 1 aromatic heterocycles. The van der Waals surface area contributed by atoms with Crippen LogP contribution < -0.4 is 4.72 Å². The van der Waals surface area contributed by atoms with Crippen LogP contribution in [0, 0.1) is 0 Å². The number of benzene rings is 2. The fraction of sp³-hybridized carbons (Fsp3) is 0.125. The second kappa shape index (κ2) is 7.31. The average molecular weight is 373 g/mol. The number of nitrogens with one attached hydrogen (secondary N) is 1. The third kappa shape index (κ3) is 4.22. The molecule has 0 aliphatic rings. The van der Waals surface area contributed by atoms with Crippen molar-refractivity contribution in [1.82, 2.24) is 20.2 Å². The number of hydrogen-bond donors (Lipinski definition) is 2. The van der Waals surface area contributed by atoms with Gasteiger partial charge in [-0.3, -0.25) is 9.52 Å². The highest BCUT2D eigenvalue weighted by molar-refractivity contribution is 7.92. The number of carboxylic acid groups (broad SMARTS) is 1. The fourth-order valence-electron chi connectivity index (χ4n) is 2.26. The van der Waals surface area contributed by atoms with Crippen LogP contribution in [0.15, 0.2) is 59.8 Å². The van der Waals surface area contributed by atoms with Crippen molar-refractivity contribution in [3.8, 4) is 5.69 Å². The Morgan fingerprint density at radius 3 is 2.35 bits per heavy atom. The van der Waals surface area contributed by atoms with Crippen LogP contribution >= 0.6 is 0 Å². The molecule has 0 bridgehead atoms. The zero-order chi connectivity index (χ0) is 18.6. The summed E-state index contributed by atoms with van der Waals surface area (Å²) in [5, 5.41) is 19.5. The van der Waals surface area contributed by atoms with Crippen molar-refractivity contribution < 1.29 is 18.3 Å². The Kier molecular flexibility index (Phi) is 4.94. The highest BCUT2D eigenvalue weighted by Crippen LogP contribution is 2.18. The molecule has 0 aliphatic carbocycles. The number of rotatable bonds is 7. The van der Waals surface area contributed by atoms with Crippen molar-refractivity contribution in [2.75, 3.05) is 4.72 Å². The van der Waals surface area contributed by atoms with Crippen LogP contribution in [-0.2, 0) is 21.2 Å². The first kappa shape index (κ1) is 17.5. The molecule has 0 atom stereocenters. The van der Waals surface area contributed by atoms with Gasteiger partial charge in [-0.05, 0) is 58.8 Å². The number of aliphatic carboxylic acids is 1. The van der Waals surface area contributed by atoms with Gasteiger partial charge in [0.15, 0.2) is 0 Å². The number of anilines is 1. The monoisotopic (exact) mass is 373 g/mol. The summed E-state index contributed by atoms with van der Waals surface area (Å²) in [4.78, 5) is 10.7. The second-order valence-corrected chi connectivity index (χ2v) is 7.13. The van der Waals surface area contributed by atoms with Gasteiger partial charge in [0.1, 0.15) is 6.33 Å². The highest BCUT2D eigenvalue weighted by atomic mass is 32.2. The van der Waals surface area contributed by atoms with Crippen molar-refractivity contribution in [3.63, 3.8) is 0 Å². The van der Waals surface area contributed by atoms with Crippen LogP contribution in [0.4, 0.5) is 5.69 Å². The van der Waals surface area contributed by atoms with Gasteiger partial charge in [0, 0.05) is 12.1 Å². The summed E-state index contributed by atoms with van der Waals surface area (Å²) in [6.07, 6.45) is 1.78. The summed E-state index contributed by atoms with van der Waals surface area (Å²) in [5.74, 6) is -0.895. The molecule has 0 saturated heterocycles. The Balaban J connectivity index is 1.71. The molecule has 26 heavy (non-hydrogen) atoms. The molecule has 10 heteroatoms. The van der Waals surface area contributed by atoms with E-state index in [9.17, 15) is 13.2 Å². The zero-order valence-corrected chi connectivity index (χ0v) is 14.3. The maximum atomic E-state index is 12.4. The highest BCUT2D eigenvalue weighted by Gasteiger charge is 2.14. The van der Waals surface area contributed by atoms with Crippen molar-refractivity contribution in [3.05, 3.63) is 60.4 Å². The Bertz CT molecular complexity index is 984. The summed E-state index contributed by atoms with van der Waals surface area (Å²) < 4.78 is 28.8. The SMILES string of the molecule is O=C(O)CCc1ccc(S(=O)(=O)Nc2ccc(-n3cnnn3)cc2)cc1. The number of tetrazole rings is 1. The van der Waals surface area contributed by atoms with E-state index in [1.807, 2.05) is 0 Å². The van der Waals surface area contributed by atoms with E-state index in [2.05, 4.69) is 20.2 Å². The first-order chi connectivity index (χ1) is 12.4. The molecule has 3 aromatic rings. The zero-order valence-electron chi connectivity index (χ0n) is 13.5. The normalized spacial score (nSPS) is 11.2. The lowest BCUT2D eigenvalue weighted by atomic mass is 10.1. The van der Waals surface area contributed by atoms with E-state index in [0.29, 0.717) is 17.8 Å². The number of sulfonamides is 1. The molecule has 1 heterocycles. The van der Waals surface area contributed by atoms with Crippen molar-refractivity contribution in [2.24, 2.45) is 0 Å². The van der Waals surface area contributed by atoms with Gasteiger partial charge in [0.2, 0.25) is 0 Å². The average Bonchev–Trinajstić information content (AvgIpc) is 3.15. The molecule has 134 valence electrons. The lowest BCUT2D eigenvalue weighted by molar-refractivity contribution is -0.136. The number of hydrogen-bond acceptors (Lipinski definition) is 6. The fourth-order valence-corrected chi connectivity index (χ4v) is 3.32. The molecule has 0 radical (unpaired) electrons. The van der Waals surface area contributed by atoms with Gasteiger partial charge in [-0.15, -0.1) is 5.10 Å². The van der Waals surface area contributed by atoms with Crippen LogP contribution in [-0.4, -0.2) is 39.7 Å². The Morgan fingerprint density at radius 1 is 1.08 bits per heavy atom. The van der Waals surface area contributed by atoms with Gasteiger partial charge >= 0.3 is 5.97 Å². The minimum absolute atomic E-state index is 0.00200. The largest absolute Gasteiger partial charge is 0.481 e. The molecule has 2 N–H and O–H groups in total. The first-order valence-corrected chi connectivity index (χ1v) is 9.09. The van der Waals surface area contributed by atoms with E-state index in [1.54, 1.807) is 36.4 Å². The van der Waals surface area contributed by atoms with Crippen molar-refractivity contribution in [1.29, 1.82) is 0 Å². The van der Waals surface area contributed by atoms with Gasteiger partial charge in [-0.25, -0.2) is 13.1 Å². The maximum Gasteiger partial charge on any atom is 0.303 e. The molecule has 9 nitrogen and oxygen atoms in total. The second-order valence-electron chi connectivity index (χ2n) is 5.44. The van der Waals surface area contributed by atoms with E-state index in [0.717, 1.165) is 5.56 Å². The van der Waals surface area contributed by atoms with Crippen LogP contribution in [0.2, 0.25) is 0 Å². The summed E-state index contributed by atoms with van der Waals surface area (Å²) in [6.45, 7) is 0. The molecule has 0 fully saturated rings. The van der Waals surface area contributed by atoms with Crippen molar-refractivity contribution >= 4 is 21.7 Å². The molecule has 0 amide bonds. The van der Waals surface area contributed by atoms with Gasteiger partial charge < -0.3 is 5.11 Å². The summed E-state index contributed by atoms with van der Waals surface area (Å²) in [5.41, 5.74) is 1.86. The van der Waals surface area contributed by atoms with E-state index >= 15 is 0 Å². The minimum Gasteiger partial charge on any atom is -0.481 e. The van der Waals surface area contributed by atoms with E-state index in [1.165, 1.54) is 23.1 Å². The molecule has 0 saturated carbocycles. The van der Waals surface area contributed by atoms with E-state index in [-0.39, 0.29) is 11.3 Å². The summed E-state index contributed by atoms with van der Waals surface area (Å²) in [7, 11) is -3.74. The van der Waals surface area contributed by atoms with Crippen molar-refractivity contribution in [2.45, 2.75) is 17.7 Å². The van der Waals surface area contributed by atoms with Gasteiger partial charge in [0.25, 0.3) is 10.0 Å². The van der Waals surface area contributed by atoms with Gasteiger partial charge in [-0.2, -0.15) is 0 Å². The van der Waals surface area contributed by atoms with Gasteiger partial charge in [0.05, 0.1) is 10.6 Å². The molecule has 0 spiro atoms. The molecule has 3 rings (SSSR count). The van der Waals surface area contributed by atoms with Crippen LogP contribution in [0.5, 0.6) is 0 Å². The molecular weight excluding hydrogens is 358 g/mol. The Labute approximate surface area is 149 Å². The third-order valence-electron chi connectivity index (χ3n) is 3.59. The number of carbonyl (C=O) groups is 1. The molecule has 0 aliphatic heterocycles. The maximum absolute atomic E-state index is 12.4. The first-order valence-electron chi connectivity index (χ1n) is 7.61. The van der Waals surface area contributed by atoms with E-state index in [4.69, 9.17) is 5.11 Å². The van der Waals surface area contributed by atoms with Crippen LogP contribution in [0.25, 0.3) is 5.69 Å². The topological polar surface area (TPSA) is 127 Å². The Morgan fingerprint density at radius 2 is 1.77 bits per heavy atom. The van der Waals surface area contributed by atoms with E-state index < -0.39 is 16.0 Å². The standard InChI is InChI=1S/C16H15N5O4S/c22-16(23)10-3-12-1-8-15(9-2-12)26(24,25)18-13-4-6-14(7-5-13)21-11-17-19-20-21/h1-2,4-9,11,18H,3,10H2,(H,22,23). The predicted molar refractivity (Wildman–Crippen MR) is 92.4 cm³/mol. The number of nitrogens with zero attached hydrogens (tertiary/aromatic N) is 4. The lowest BCUT2D eigenvalue weighted by Crippen LogP contribution is -2.13. The third-order valence-corrected chi connectivity index (χ3v) is 4.99. The molecular formula is C16H15N5O4S. The molecule has 2 aromatic carbocycles. The summed E-state index contributed by atoms with van der Waals surface area (Å²) in [6, 6.07) is 12.7. The van der Waals surface area contributed by atoms with Gasteiger partial charge in [-0.1, -0.05) is 12.1 Å². The lowest BCUT2D eigenvalue weighted by Gasteiger charge is -2.09. The van der Waals surface area contributed by atoms with Crippen LogP contribution in [0.1, 0.15) is 12.0 Å². The quantitative estimate of drug-likeness (QED) is 0.642.